The summed E-state index contributed by atoms with van der Waals surface area (Å²) < 4.78 is 13.1. The standard InChI is InChI=1S/C19H23N5O2/c1-25-16-5-3-4-14(18(16)26-2)15-12-13(20)6-10-24(15)17-7-9-23-11-8-21-19(23)22-17/h3-5,7-9,11,13,15H,6,10,12,20H2,1-2H3. The Hall–Kier alpha value is -2.80. The van der Waals surface area contributed by atoms with Gasteiger partial charge in [0.15, 0.2) is 11.5 Å². The second-order valence-corrected chi connectivity index (χ2v) is 6.50. The van der Waals surface area contributed by atoms with Gasteiger partial charge in [0, 0.05) is 36.7 Å². The summed E-state index contributed by atoms with van der Waals surface area (Å²) in [6.45, 7) is 0.829. The van der Waals surface area contributed by atoms with Gasteiger partial charge in [-0.1, -0.05) is 12.1 Å². The molecular weight excluding hydrogens is 330 g/mol. The van der Waals surface area contributed by atoms with Gasteiger partial charge in [-0.05, 0) is 25.0 Å². The highest BCUT2D eigenvalue weighted by Gasteiger charge is 2.32. The summed E-state index contributed by atoms with van der Waals surface area (Å²) >= 11 is 0. The molecule has 2 N–H and O–H groups in total. The van der Waals surface area contributed by atoms with Crippen molar-refractivity contribution in [2.75, 3.05) is 25.7 Å². The molecule has 1 aromatic carbocycles. The van der Waals surface area contributed by atoms with Crippen LogP contribution in [0.2, 0.25) is 0 Å². The lowest BCUT2D eigenvalue weighted by molar-refractivity contribution is 0.341. The Morgan fingerprint density at radius 3 is 2.85 bits per heavy atom. The number of nitrogens with two attached hydrogens (primary N) is 1. The van der Waals surface area contributed by atoms with Gasteiger partial charge in [-0.3, -0.25) is 4.40 Å². The summed E-state index contributed by atoms with van der Waals surface area (Å²) in [5.41, 5.74) is 7.37. The van der Waals surface area contributed by atoms with Gasteiger partial charge in [-0.2, -0.15) is 4.98 Å². The summed E-state index contributed by atoms with van der Waals surface area (Å²) in [6.07, 6.45) is 7.37. The smallest absolute Gasteiger partial charge is 0.235 e. The minimum atomic E-state index is 0.0636. The maximum atomic E-state index is 6.30. The van der Waals surface area contributed by atoms with Gasteiger partial charge < -0.3 is 20.1 Å². The maximum absolute atomic E-state index is 6.30. The van der Waals surface area contributed by atoms with Crippen LogP contribution in [0.3, 0.4) is 0 Å². The molecule has 26 heavy (non-hydrogen) atoms. The second kappa shape index (κ2) is 6.84. The zero-order chi connectivity index (χ0) is 18.1. The number of aromatic nitrogens is 3. The Labute approximate surface area is 152 Å². The number of hydrogen-bond donors (Lipinski definition) is 1. The molecular formula is C19H23N5O2. The molecule has 7 heteroatoms. The van der Waals surface area contributed by atoms with Crippen LogP contribution in [0.1, 0.15) is 24.4 Å². The first-order chi connectivity index (χ1) is 12.7. The normalized spacial score (nSPS) is 20.3. The lowest BCUT2D eigenvalue weighted by atomic mass is 9.91. The quantitative estimate of drug-likeness (QED) is 0.776. The van der Waals surface area contributed by atoms with Crippen molar-refractivity contribution < 1.29 is 9.47 Å². The Bertz CT molecular complexity index is 910. The molecule has 4 rings (SSSR count). The summed E-state index contributed by atoms with van der Waals surface area (Å²) in [5, 5.41) is 0. The van der Waals surface area contributed by atoms with Crippen LogP contribution in [0, 0.1) is 0 Å². The summed E-state index contributed by atoms with van der Waals surface area (Å²) in [7, 11) is 3.32. The second-order valence-electron chi connectivity index (χ2n) is 6.50. The van der Waals surface area contributed by atoms with Crippen LogP contribution in [0.4, 0.5) is 5.82 Å². The summed E-state index contributed by atoms with van der Waals surface area (Å²) in [5.74, 6) is 3.06. The van der Waals surface area contributed by atoms with Crippen molar-refractivity contribution in [2.45, 2.75) is 24.9 Å². The summed E-state index contributed by atoms with van der Waals surface area (Å²) in [6, 6.07) is 8.19. The molecule has 0 bridgehead atoms. The number of benzene rings is 1. The van der Waals surface area contributed by atoms with Crippen molar-refractivity contribution >= 4 is 11.6 Å². The van der Waals surface area contributed by atoms with Crippen molar-refractivity contribution in [1.82, 2.24) is 14.4 Å². The van der Waals surface area contributed by atoms with Crippen LogP contribution >= 0.6 is 0 Å². The molecule has 2 unspecified atom stereocenters. The third-order valence-corrected chi connectivity index (χ3v) is 4.98. The molecule has 7 nitrogen and oxygen atoms in total. The average Bonchev–Trinajstić information content (AvgIpc) is 3.15. The molecule has 1 saturated heterocycles. The van der Waals surface area contributed by atoms with E-state index in [9.17, 15) is 0 Å². The van der Waals surface area contributed by atoms with Gasteiger partial charge in [0.2, 0.25) is 5.78 Å². The van der Waals surface area contributed by atoms with Gasteiger partial charge >= 0.3 is 0 Å². The highest BCUT2D eigenvalue weighted by atomic mass is 16.5. The van der Waals surface area contributed by atoms with Crippen LogP contribution in [0.15, 0.2) is 42.9 Å². The number of anilines is 1. The highest BCUT2D eigenvalue weighted by Crippen LogP contribution is 2.41. The predicted molar refractivity (Wildman–Crippen MR) is 99.8 cm³/mol. The van der Waals surface area contributed by atoms with E-state index in [1.165, 1.54) is 0 Å². The molecule has 2 atom stereocenters. The molecule has 0 spiro atoms. The van der Waals surface area contributed by atoms with Crippen LogP contribution in [-0.4, -0.2) is 41.2 Å². The molecule has 1 fully saturated rings. The molecule has 0 aliphatic carbocycles. The van der Waals surface area contributed by atoms with E-state index in [2.05, 4.69) is 16.0 Å². The van der Waals surface area contributed by atoms with Crippen molar-refractivity contribution in [3.8, 4) is 11.5 Å². The third-order valence-electron chi connectivity index (χ3n) is 4.98. The van der Waals surface area contributed by atoms with E-state index in [1.54, 1.807) is 20.4 Å². The number of fused-ring (bicyclic) bond motifs is 1. The lowest BCUT2D eigenvalue weighted by Crippen LogP contribution is -2.42. The Balaban J connectivity index is 1.78. The number of methoxy groups -OCH3 is 2. The first kappa shape index (κ1) is 16.7. The highest BCUT2D eigenvalue weighted by molar-refractivity contribution is 5.53. The molecule has 1 aliphatic heterocycles. The largest absolute Gasteiger partial charge is 0.493 e. The molecule has 0 saturated carbocycles. The molecule has 2 aromatic heterocycles. The minimum Gasteiger partial charge on any atom is -0.493 e. The monoisotopic (exact) mass is 353 g/mol. The van der Waals surface area contributed by atoms with Gasteiger partial charge in [0.1, 0.15) is 5.82 Å². The molecule has 0 radical (unpaired) electrons. The summed E-state index contributed by atoms with van der Waals surface area (Å²) in [4.78, 5) is 11.3. The average molecular weight is 353 g/mol. The van der Waals surface area contributed by atoms with E-state index in [-0.39, 0.29) is 12.1 Å². The van der Waals surface area contributed by atoms with Crippen molar-refractivity contribution in [2.24, 2.45) is 5.73 Å². The van der Waals surface area contributed by atoms with Gasteiger partial charge in [-0.15, -0.1) is 0 Å². The van der Waals surface area contributed by atoms with Crippen LogP contribution in [0.5, 0.6) is 11.5 Å². The van der Waals surface area contributed by atoms with E-state index >= 15 is 0 Å². The predicted octanol–water partition coefficient (Wildman–Crippen LogP) is 2.42. The first-order valence-electron chi connectivity index (χ1n) is 8.74. The van der Waals surface area contributed by atoms with E-state index in [0.717, 1.165) is 42.3 Å². The van der Waals surface area contributed by atoms with Crippen LogP contribution in [0.25, 0.3) is 5.78 Å². The van der Waals surface area contributed by atoms with Crippen molar-refractivity contribution in [3.63, 3.8) is 0 Å². The first-order valence-corrected chi connectivity index (χ1v) is 8.74. The van der Waals surface area contributed by atoms with Gasteiger partial charge in [-0.25, -0.2) is 4.98 Å². The fourth-order valence-corrected chi connectivity index (χ4v) is 3.69. The van der Waals surface area contributed by atoms with E-state index in [1.807, 2.05) is 35.0 Å². The molecule has 3 aromatic rings. The SMILES string of the molecule is COc1cccc(C2CC(N)CCN2c2ccn3ccnc3n2)c1OC. The number of hydrogen-bond acceptors (Lipinski definition) is 6. The van der Waals surface area contributed by atoms with Crippen molar-refractivity contribution in [1.29, 1.82) is 0 Å². The lowest BCUT2D eigenvalue weighted by Gasteiger charge is -2.40. The minimum absolute atomic E-state index is 0.0636. The maximum Gasteiger partial charge on any atom is 0.235 e. The fourth-order valence-electron chi connectivity index (χ4n) is 3.69. The number of para-hydroxylation sites is 1. The number of ether oxygens (including phenoxy) is 2. The zero-order valence-corrected chi connectivity index (χ0v) is 15.0. The molecule has 0 amide bonds. The van der Waals surface area contributed by atoms with Crippen LogP contribution in [-0.2, 0) is 0 Å². The van der Waals surface area contributed by atoms with Gasteiger partial charge in [0.05, 0.1) is 20.3 Å². The number of nitrogens with zero attached hydrogens (tertiary/aromatic N) is 4. The van der Waals surface area contributed by atoms with E-state index in [0.29, 0.717) is 5.78 Å². The molecule has 136 valence electrons. The molecule has 1 aliphatic rings. The van der Waals surface area contributed by atoms with E-state index in [4.69, 9.17) is 20.2 Å². The van der Waals surface area contributed by atoms with Crippen molar-refractivity contribution in [3.05, 3.63) is 48.4 Å². The topological polar surface area (TPSA) is 77.9 Å². The Kier molecular flexibility index (Phi) is 4.38. The van der Waals surface area contributed by atoms with E-state index < -0.39 is 0 Å². The number of rotatable bonds is 4. The fraction of sp³-hybridized carbons (Fsp3) is 0.368. The Morgan fingerprint density at radius 1 is 1.15 bits per heavy atom. The zero-order valence-electron chi connectivity index (χ0n) is 15.0. The van der Waals surface area contributed by atoms with Gasteiger partial charge in [0.25, 0.3) is 0 Å². The number of piperidine rings is 1. The van der Waals surface area contributed by atoms with Crippen LogP contribution < -0.4 is 20.1 Å². The third kappa shape index (κ3) is 2.84. The number of imidazole rings is 1. The Morgan fingerprint density at radius 2 is 2.04 bits per heavy atom. The molecule has 3 heterocycles.